The number of hydrogen-bond acceptors (Lipinski definition) is 7. The van der Waals surface area contributed by atoms with E-state index in [9.17, 15) is 5.11 Å². The first-order valence-corrected chi connectivity index (χ1v) is 13.7. The van der Waals surface area contributed by atoms with Crippen LogP contribution in [0.2, 0.25) is 0 Å². The molecule has 5 atom stereocenters. The molecule has 30 heavy (non-hydrogen) atoms. The van der Waals surface area contributed by atoms with Gasteiger partial charge >= 0.3 is 0 Å². The van der Waals surface area contributed by atoms with E-state index in [0.29, 0.717) is 24.9 Å². The van der Waals surface area contributed by atoms with Gasteiger partial charge in [-0.05, 0) is 43.0 Å². The molecule has 1 unspecified atom stereocenters. The molecular weight excluding hydrogens is 440 g/mol. The first-order chi connectivity index (χ1) is 14.5. The second kappa shape index (κ2) is 14.4. The van der Waals surface area contributed by atoms with E-state index in [-0.39, 0.29) is 22.8 Å². The van der Waals surface area contributed by atoms with Crippen LogP contribution in [0.25, 0.3) is 0 Å². The second-order valence-corrected chi connectivity index (χ2v) is 11.3. The summed E-state index contributed by atoms with van der Waals surface area (Å²) in [6.45, 7) is 6.04. The molecule has 2 rings (SSSR count). The molecule has 0 amide bonds. The van der Waals surface area contributed by atoms with Crippen molar-refractivity contribution < 1.29 is 19.3 Å². The number of unbranched alkanes of at least 4 members (excludes halogenated alkanes) is 2. The Bertz CT molecular complexity index is 495. The van der Waals surface area contributed by atoms with Crippen molar-refractivity contribution >= 4 is 40.9 Å². The minimum absolute atomic E-state index is 0.113. The van der Waals surface area contributed by atoms with Gasteiger partial charge in [-0.3, -0.25) is 0 Å². The van der Waals surface area contributed by atoms with Gasteiger partial charge in [-0.1, -0.05) is 26.7 Å². The average molecular weight is 481 g/mol. The summed E-state index contributed by atoms with van der Waals surface area (Å²) in [6.07, 6.45) is 3.74. The zero-order valence-electron chi connectivity index (χ0n) is 18.9. The Morgan fingerprint density at radius 3 is 2.30 bits per heavy atom. The van der Waals surface area contributed by atoms with E-state index in [1.807, 2.05) is 42.5 Å². The summed E-state index contributed by atoms with van der Waals surface area (Å²) in [6, 6.07) is -0.113. The standard InChI is InChI=1S/C21H40N2O4S3/c1-5-7-10-25-17-15(22-21(28)23(3)4)14-27-18(19(17)26-11-8-6-2)16(24)20-29-12-9-13-30-20/h15-20,24H,5-14H2,1-4H3,(H,22,28)/t15-,16?,17+,18+,19-/m0/s1. The normalized spacial score (nSPS) is 28.8. The van der Waals surface area contributed by atoms with Crippen molar-refractivity contribution in [1.82, 2.24) is 10.2 Å². The molecule has 9 heteroatoms. The van der Waals surface area contributed by atoms with Gasteiger partial charge in [0.15, 0.2) is 5.11 Å². The number of thioether (sulfide) groups is 2. The van der Waals surface area contributed by atoms with E-state index < -0.39 is 12.2 Å². The van der Waals surface area contributed by atoms with Crippen molar-refractivity contribution in [2.24, 2.45) is 0 Å². The van der Waals surface area contributed by atoms with Crippen LogP contribution in [-0.2, 0) is 14.2 Å². The lowest BCUT2D eigenvalue weighted by Crippen LogP contribution is -2.64. The number of thiocarbonyl (C=S) groups is 1. The summed E-state index contributed by atoms with van der Waals surface area (Å²) in [5, 5.41) is 15.3. The Morgan fingerprint density at radius 2 is 1.73 bits per heavy atom. The maximum absolute atomic E-state index is 11.2. The predicted molar refractivity (Wildman–Crippen MR) is 132 cm³/mol. The lowest BCUT2D eigenvalue weighted by atomic mass is 9.94. The van der Waals surface area contributed by atoms with Crippen molar-refractivity contribution in [3.8, 4) is 0 Å². The first kappa shape index (κ1) is 26.5. The highest BCUT2D eigenvalue weighted by molar-refractivity contribution is 8.17. The maximum atomic E-state index is 11.2. The smallest absolute Gasteiger partial charge is 0.168 e. The molecule has 0 aromatic heterocycles. The number of ether oxygens (including phenoxy) is 3. The fourth-order valence-corrected chi connectivity index (χ4v) is 6.60. The van der Waals surface area contributed by atoms with Crippen LogP contribution in [0.5, 0.6) is 0 Å². The summed E-state index contributed by atoms with van der Waals surface area (Å²) in [7, 11) is 3.84. The first-order valence-electron chi connectivity index (χ1n) is 11.2. The molecule has 2 heterocycles. The Kier molecular flexibility index (Phi) is 12.7. The van der Waals surface area contributed by atoms with Crippen molar-refractivity contribution in [3.05, 3.63) is 0 Å². The molecule has 2 aliphatic heterocycles. The average Bonchev–Trinajstić information content (AvgIpc) is 2.75. The molecule has 0 aliphatic carbocycles. The molecular formula is C21H40N2O4S3. The Morgan fingerprint density at radius 1 is 1.13 bits per heavy atom. The van der Waals surface area contributed by atoms with Crippen molar-refractivity contribution in [1.29, 1.82) is 0 Å². The van der Waals surface area contributed by atoms with E-state index in [1.165, 1.54) is 6.42 Å². The van der Waals surface area contributed by atoms with Gasteiger partial charge in [0.05, 0.1) is 17.2 Å². The topological polar surface area (TPSA) is 63.2 Å². The van der Waals surface area contributed by atoms with Crippen LogP contribution in [0.3, 0.4) is 0 Å². The second-order valence-electron chi connectivity index (χ2n) is 8.08. The molecule has 2 saturated heterocycles. The van der Waals surface area contributed by atoms with Crippen LogP contribution in [0.4, 0.5) is 0 Å². The summed E-state index contributed by atoms with van der Waals surface area (Å²) in [4.78, 5) is 1.88. The summed E-state index contributed by atoms with van der Waals surface area (Å²) in [5.74, 6) is 2.17. The minimum Gasteiger partial charge on any atom is -0.388 e. The molecule has 176 valence electrons. The van der Waals surface area contributed by atoms with Crippen LogP contribution >= 0.6 is 35.7 Å². The van der Waals surface area contributed by atoms with Gasteiger partial charge in [0.25, 0.3) is 0 Å². The van der Waals surface area contributed by atoms with Crippen LogP contribution in [0, 0.1) is 0 Å². The predicted octanol–water partition coefficient (Wildman–Crippen LogP) is 3.12. The number of hydrogen-bond donors (Lipinski definition) is 2. The highest BCUT2D eigenvalue weighted by atomic mass is 32.2. The Balaban J connectivity index is 2.18. The van der Waals surface area contributed by atoms with Gasteiger partial charge in [-0.2, -0.15) is 0 Å². The van der Waals surface area contributed by atoms with Gasteiger partial charge in [-0.15, -0.1) is 23.5 Å². The van der Waals surface area contributed by atoms with Gasteiger partial charge in [0.2, 0.25) is 0 Å². The van der Waals surface area contributed by atoms with Gasteiger partial charge in [0.1, 0.15) is 24.4 Å². The molecule has 0 spiro atoms. The van der Waals surface area contributed by atoms with Crippen LogP contribution in [-0.4, -0.2) is 95.6 Å². The third-order valence-electron chi connectivity index (χ3n) is 5.31. The third-order valence-corrected chi connectivity index (χ3v) is 8.88. The van der Waals surface area contributed by atoms with Crippen LogP contribution in [0.1, 0.15) is 46.0 Å². The van der Waals surface area contributed by atoms with E-state index in [1.54, 1.807) is 0 Å². The Labute approximate surface area is 196 Å². The van der Waals surface area contributed by atoms with E-state index >= 15 is 0 Å². The SMILES string of the molecule is CCCCO[C@H]1[C@H](OCCCC)[C@@H](C(O)C2SCCCS2)OC[C@@H]1NC(=S)N(C)C. The minimum atomic E-state index is -0.592. The fraction of sp³-hybridized carbons (Fsp3) is 0.952. The number of aliphatic hydroxyl groups excluding tert-OH is 1. The molecule has 0 bridgehead atoms. The lowest BCUT2D eigenvalue weighted by Gasteiger charge is -2.46. The molecule has 2 aliphatic rings. The third kappa shape index (κ3) is 7.98. The highest BCUT2D eigenvalue weighted by Crippen LogP contribution is 2.37. The summed E-state index contributed by atoms with van der Waals surface area (Å²) in [5.41, 5.74) is 0. The monoisotopic (exact) mass is 480 g/mol. The van der Waals surface area contributed by atoms with Crippen LogP contribution in [0.15, 0.2) is 0 Å². The van der Waals surface area contributed by atoms with Gasteiger partial charge in [-0.25, -0.2) is 0 Å². The van der Waals surface area contributed by atoms with E-state index in [2.05, 4.69) is 19.2 Å². The molecule has 2 fully saturated rings. The maximum Gasteiger partial charge on any atom is 0.168 e. The number of nitrogens with zero attached hydrogens (tertiary/aromatic N) is 1. The highest BCUT2D eigenvalue weighted by Gasteiger charge is 2.47. The quantitative estimate of drug-likeness (QED) is 0.343. The summed E-state index contributed by atoms with van der Waals surface area (Å²) >= 11 is 9.14. The molecule has 0 aromatic carbocycles. The molecule has 0 saturated carbocycles. The van der Waals surface area contributed by atoms with Crippen molar-refractivity contribution in [2.75, 3.05) is 45.4 Å². The molecule has 2 N–H and O–H groups in total. The van der Waals surface area contributed by atoms with Crippen LogP contribution < -0.4 is 5.32 Å². The lowest BCUT2D eigenvalue weighted by molar-refractivity contribution is -0.209. The number of nitrogens with one attached hydrogen (secondary N) is 1. The van der Waals surface area contributed by atoms with Crippen molar-refractivity contribution in [2.45, 2.75) is 81.0 Å². The Hall–Kier alpha value is 0.230. The van der Waals surface area contributed by atoms with Gasteiger partial charge < -0.3 is 29.5 Å². The molecule has 6 nitrogen and oxygen atoms in total. The van der Waals surface area contributed by atoms with Crippen molar-refractivity contribution in [3.63, 3.8) is 0 Å². The number of rotatable bonds is 11. The summed E-state index contributed by atoms with van der Waals surface area (Å²) < 4.78 is 19.1. The zero-order valence-corrected chi connectivity index (χ0v) is 21.3. The molecule has 0 radical (unpaired) electrons. The van der Waals surface area contributed by atoms with E-state index in [0.717, 1.165) is 37.2 Å². The van der Waals surface area contributed by atoms with E-state index in [4.69, 9.17) is 26.4 Å². The number of aliphatic hydroxyl groups is 1. The zero-order chi connectivity index (χ0) is 21.9. The van der Waals surface area contributed by atoms with Gasteiger partial charge in [0, 0.05) is 27.3 Å². The fourth-order valence-electron chi connectivity index (χ4n) is 3.51. The molecule has 0 aromatic rings. The largest absolute Gasteiger partial charge is 0.388 e.